The molecule has 0 aromatic heterocycles. The number of rotatable bonds is 3. The number of hydrogen-bond acceptors (Lipinski definition) is 4. The zero-order valence-corrected chi connectivity index (χ0v) is 19.0. The lowest BCUT2D eigenvalue weighted by Gasteiger charge is -2.67. The molecular weight excluding hydrogens is 380 g/mol. The molecule has 2 saturated carbocycles. The van der Waals surface area contributed by atoms with Gasteiger partial charge >= 0.3 is 6.03 Å². The van der Waals surface area contributed by atoms with Gasteiger partial charge in [0.05, 0.1) is 0 Å². The van der Waals surface area contributed by atoms with Crippen LogP contribution in [-0.2, 0) is 0 Å². The molecule has 0 heterocycles. The molecule has 2 aliphatic rings. The van der Waals surface area contributed by atoms with Crippen LogP contribution >= 0.6 is 0 Å². The monoisotopic (exact) mass is 416 g/mol. The minimum Gasteiger partial charge on any atom is -0.508 e. The number of aromatic hydroxyl groups is 2. The summed E-state index contributed by atoms with van der Waals surface area (Å²) in [5, 5.41) is 25.7. The van der Waals surface area contributed by atoms with Gasteiger partial charge in [-0.15, -0.1) is 0 Å². The number of amides is 2. The number of urea groups is 1. The van der Waals surface area contributed by atoms with E-state index in [0.29, 0.717) is 5.56 Å². The van der Waals surface area contributed by atoms with E-state index in [1.54, 1.807) is 7.05 Å². The molecule has 0 spiro atoms. The Bertz CT molecular complexity index is 831. The first-order valence-electron chi connectivity index (χ1n) is 10.9. The van der Waals surface area contributed by atoms with Gasteiger partial charge in [0.2, 0.25) is 0 Å². The Hall–Kier alpha value is -2.24. The van der Waals surface area contributed by atoms with Gasteiger partial charge in [-0.2, -0.15) is 0 Å². The summed E-state index contributed by atoms with van der Waals surface area (Å²) >= 11 is 0. The maximum Gasteiger partial charge on any atom is 0.314 e. The molecule has 0 aliphatic heterocycles. The number of nitrogens with one attached hydrogen (secondary N) is 2. The largest absolute Gasteiger partial charge is 0.508 e. The van der Waals surface area contributed by atoms with Crippen molar-refractivity contribution in [3.63, 3.8) is 0 Å². The zero-order chi connectivity index (χ0) is 22.5. The number of hydrogen-bond donors (Lipinski definition) is 4. The number of fused-ring (bicyclic) bond motifs is 1. The molecule has 1 aromatic rings. The first kappa shape index (κ1) is 22.4. The van der Waals surface area contributed by atoms with Crippen LogP contribution in [0.1, 0.15) is 70.7 Å². The molecule has 2 amide bonds. The summed E-state index contributed by atoms with van der Waals surface area (Å²) in [5.74, 6) is -0.772. The van der Waals surface area contributed by atoms with Gasteiger partial charge in [0, 0.05) is 30.6 Å². The molecule has 1 aromatic carbocycles. The first-order chi connectivity index (χ1) is 13.9. The lowest BCUT2D eigenvalue weighted by molar-refractivity contribution is -0.162. The molecule has 6 heteroatoms. The fourth-order valence-corrected chi connectivity index (χ4v) is 6.54. The van der Waals surface area contributed by atoms with Gasteiger partial charge in [0.1, 0.15) is 11.5 Å². The van der Waals surface area contributed by atoms with Gasteiger partial charge < -0.3 is 20.8 Å². The van der Waals surface area contributed by atoms with Gasteiger partial charge in [0.15, 0.2) is 5.78 Å². The van der Waals surface area contributed by atoms with Crippen molar-refractivity contribution in [2.75, 3.05) is 7.05 Å². The molecule has 2 aliphatic carbocycles. The molecule has 3 rings (SSSR count). The molecule has 6 nitrogen and oxygen atoms in total. The molecule has 0 radical (unpaired) electrons. The highest BCUT2D eigenvalue weighted by Crippen LogP contribution is 2.68. The van der Waals surface area contributed by atoms with E-state index in [0.717, 1.165) is 25.7 Å². The lowest BCUT2D eigenvalue weighted by Crippen LogP contribution is -2.66. The van der Waals surface area contributed by atoms with Gasteiger partial charge in [-0.1, -0.05) is 41.0 Å². The molecule has 166 valence electrons. The van der Waals surface area contributed by atoms with Gasteiger partial charge in [-0.05, 0) is 53.6 Å². The summed E-state index contributed by atoms with van der Waals surface area (Å²) in [6.45, 7) is 11.1. The van der Waals surface area contributed by atoms with Crippen molar-refractivity contribution in [1.82, 2.24) is 10.6 Å². The summed E-state index contributed by atoms with van der Waals surface area (Å²) in [6, 6.07) is 3.69. The molecule has 5 atom stereocenters. The van der Waals surface area contributed by atoms with Crippen LogP contribution in [0.4, 0.5) is 4.79 Å². The second-order valence-electron chi connectivity index (χ2n) is 10.5. The summed E-state index contributed by atoms with van der Waals surface area (Å²) in [6.07, 6.45) is 3.87. The smallest absolute Gasteiger partial charge is 0.314 e. The second kappa shape index (κ2) is 7.47. The van der Waals surface area contributed by atoms with Crippen molar-refractivity contribution in [3.8, 4) is 11.5 Å². The van der Waals surface area contributed by atoms with Crippen molar-refractivity contribution in [2.45, 2.75) is 66.3 Å². The Morgan fingerprint density at radius 3 is 2.20 bits per heavy atom. The van der Waals surface area contributed by atoms with Crippen molar-refractivity contribution < 1.29 is 19.8 Å². The molecule has 2 fully saturated rings. The standard InChI is InChI=1S/C24H36N2O4/c1-14-18(26-21(30)25-6)13-24(5)22(2,3)8-7-9-23(24,4)19(14)20(29)15-10-16(27)12-17(28)11-15/h10-12,14,18-19,27-28H,7-9,13H2,1-6H3,(H2,25,26,30)/t14-,18-,19-,23-,24+/m1/s1. The van der Waals surface area contributed by atoms with Crippen LogP contribution in [0.3, 0.4) is 0 Å². The van der Waals surface area contributed by atoms with E-state index in [9.17, 15) is 19.8 Å². The summed E-state index contributed by atoms with van der Waals surface area (Å²) in [7, 11) is 1.59. The van der Waals surface area contributed by atoms with Crippen LogP contribution in [0, 0.1) is 28.1 Å². The molecule has 0 bridgehead atoms. The highest BCUT2D eigenvalue weighted by Gasteiger charge is 2.65. The highest BCUT2D eigenvalue weighted by atomic mass is 16.3. The van der Waals surface area contributed by atoms with E-state index < -0.39 is 0 Å². The van der Waals surface area contributed by atoms with E-state index >= 15 is 0 Å². The summed E-state index contributed by atoms with van der Waals surface area (Å²) in [4.78, 5) is 26.1. The molecule has 0 saturated heterocycles. The molecule has 4 N–H and O–H groups in total. The van der Waals surface area contributed by atoms with Crippen LogP contribution in [0.2, 0.25) is 0 Å². The highest BCUT2D eigenvalue weighted by molar-refractivity contribution is 5.99. The van der Waals surface area contributed by atoms with Crippen LogP contribution < -0.4 is 10.6 Å². The Labute approximate surface area is 179 Å². The third kappa shape index (κ3) is 3.34. The van der Waals surface area contributed by atoms with Gasteiger partial charge in [-0.3, -0.25) is 4.79 Å². The maximum absolute atomic E-state index is 13.9. The third-order valence-electron chi connectivity index (χ3n) is 8.74. The van der Waals surface area contributed by atoms with E-state index in [1.807, 2.05) is 6.92 Å². The Morgan fingerprint density at radius 2 is 1.63 bits per heavy atom. The van der Waals surface area contributed by atoms with Crippen LogP contribution in [0.5, 0.6) is 11.5 Å². The average molecular weight is 417 g/mol. The number of Topliss-reactive ketones (excluding diaryl/α,β-unsaturated/α-hetero) is 1. The Kier molecular flexibility index (Phi) is 5.59. The van der Waals surface area contributed by atoms with Gasteiger partial charge in [-0.25, -0.2) is 4.79 Å². The van der Waals surface area contributed by atoms with Crippen LogP contribution in [0.25, 0.3) is 0 Å². The van der Waals surface area contributed by atoms with Crippen LogP contribution in [0.15, 0.2) is 18.2 Å². The lowest BCUT2D eigenvalue weighted by atomic mass is 9.38. The number of benzene rings is 1. The SMILES string of the molecule is CNC(=O)N[C@@H]1C[C@@]2(C)C(C)(C)CCC[C@]2(C)[C@@H](C(=O)c2cc(O)cc(O)c2)[C@@H]1C. The maximum atomic E-state index is 13.9. The quantitative estimate of drug-likeness (QED) is 0.547. The van der Waals surface area contributed by atoms with E-state index in [4.69, 9.17) is 0 Å². The van der Waals surface area contributed by atoms with E-state index in [1.165, 1.54) is 18.2 Å². The topological polar surface area (TPSA) is 98.7 Å². The fraction of sp³-hybridized carbons (Fsp3) is 0.667. The number of carbonyl (C=O) groups excluding carboxylic acids is 2. The van der Waals surface area contributed by atoms with Crippen molar-refractivity contribution >= 4 is 11.8 Å². The minimum atomic E-state index is -0.348. The number of phenolic OH excluding ortho intramolecular Hbond substituents is 2. The molecule has 30 heavy (non-hydrogen) atoms. The van der Waals surface area contributed by atoms with Crippen molar-refractivity contribution in [2.24, 2.45) is 28.1 Å². The van der Waals surface area contributed by atoms with Crippen LogP contribution in [-0.4, -0.2) is 35.1 Å². The predicted octanol–water partition coefficient (Wildman–Crippen LogP) is 4.46. The number of ketones is 1. The summed E-state index contributed by atoms with van der Waals surface area (Å²) < 4.78 is 0. The van der Waals surface area contributed by atoms with E-state index in [2.05, 4.69) is 38.3 Å². The van der Waals surface area contributed by atoms with Crippen molar-refractivity contribution in [1.29, 1.82) is 0 Å². The normalized spacial score (nSPS) is 35.2. The third-order valence-corrected chi connectivity index (χ3v) is 8.74. The summed E-state index contributed by atoms with van der Waals surface area (Å²) in [5.41, 5.74) is -0.123. The molecule has 0 unspecified atom stereocenters. The number of carbonyl (C=O) groups is 2. The minimum absolute atomic E-state index is 0.00224. The zero-order valence-electron chi connectivity index (χ0n) is 19.0. The average Bonchev–Trinajstić information content (AvgIpc) is 2.64. The van der Waals surface area contributed by atoms with Crippen molar-refractivity contribution in [3.05, 3.63) is 23.8 Å². The molecular formula is C24H36N2O4. The Balaban J connectivity index is 2.13. The first-order valence-corrected chi connectivity index (χ1v) is 10.9. The number of phenols is 2. The second-order valence-corrected chi connectivity index (χ2v) is 10.5. The van der Waals surface area contributed by atoms with E-state index in [-0.39, 0.29) is 57.4 Å². The predicted molar refractivity (Wildman–Crippen MR) is 117 cm³/mol. The Morgan fingerprint density at radius 1 is 1.03 bits per heavy atom. The van der Waals surface area contributed by atoms with Gasteiger partial charge in [0.25, 0.3) is 0 Å². The fourth-order valence-electron chi connectivity index (χ4n) is 6.54.